The van der Waals surface area contributed by atoms with E-state index in [0.29, 0.717) is 11.3 Å². The van der Waals surface area contributed by atoms with Crippen LogP contribution in [0.1, 0.15) is 12.0 Å². The number of nitriles is 1. The number of hydrogen-bond acceptors (Lipinski definition) is 5. The maximum absolute atomic E-state index is 11.7. The maximum atomic E-state index is 11.7. The highest BCUT2D eigenvalue weighted by atomic mass is 32.2. The van der Waals surface area contributed by atoms with E-state index < -0.39 is 0 Å². The normalized spacial score (nSPS) is 14.9. The van der Waals surface area contributed by atoms with Crippen LogP contribution >= 0.6 is 11.8 Å². The Bertz CT molecular complexity index is 800. The molecule has 2 aromatic rings. The van der Waals surface area contributed by atoms with Gasteiger partial charge in [0.15, 0.2) is 6.61 Å². The van der Waals surface area contributed by atoms with Gasteiger partial charge in [0, 0.05) is 11.5 Å². The van der Waals surface area contributed by atoms with Crippen LogP contribution in [0.2, 0.25) is 0 Å². The smallest absolute Gasteiger partial charge is 0.277 e. The van der Waals surface area contributed by atoms with Gasteiger partial charge in [-0.3, -0.25) is 4.79 Å². The average molecular weight is 351 g/mol. The molecule has 2 aromatic carbocycles. The molecule has 3 rings (SSSR count). The summed E-state index contributed by atoms with van der Waals surface area (Å²) in [7, 11) is 0. The fourth-order valence-corrected chi connectivity index (χ4v) is 3.31. The largest absolute Gasteiger partial charge is 0.484 e. The molecule has 1 saturated heterocycles. The first-order valence-corrected chi connectivity index (χ1v) is 9.05. The van der Waals surface area contributed by atoms with Gasteiger partial charge in [0.1, 0.15) is 5.75 Å². The molecule has 1 aliphatic rings. The lowest BCUT2D eigenvalue weighted by atomic mass is 10.0. The number of nitrogens with zero attached hydrogens (tertiary/aromatic N) is 2. The predicted molar refractivity (Wildman–Crippen MR) is 99.6 cm³/mol. The van der Waals surface area contributed by atoms with Gasteiger partial charge in [-0.15, -0.1) is 0 Å². The number of rotatable bonds is 5. The summed E-state index contributed by atoms with van der Waals surface area (Å²) in [4.78, 5) is 11.7. The van der Waals surface area contributed by atoms with Crippen molar-refractivity contribution in [3.8, 4) is 22.9 Å². The first-order chi connectivity index (χ1) is 12.2. The Morgan fingerprint density at radius 1 is 1.16 bits per heavy atom. The van der Waals surface area contributed by atoms with E-state index >= 15 is 0 Å². The van der Waals surface area contributed by atoms with Crippen LogP contribution in [0.4, 0.5) is 0 Å². The standard InChI is InChI=1S/C19H17N3O2S/c20-11-14-1-3-15(4-2-14)16-5-7-18(8-6-16)24-12-19(23)22-21-17-9-10-25-13-17/h1-8H,9-10,12-13H2,(H,22,23)/b21-17+. The molecular weight excluding hydrogens is 334 g/mol. The number of carbonyl (C=O) groups is 1. The van der Waals surface area contributed by atoms with Crippen LogP contribution in [-0.4, -0.2) is 29.7 Å². The minimum absolute atomic E-state index is 0.0693. The number of benzene rings is 2. The number of hydrogen-bond donors (Lipinski definition) is 1. The average Bonchev–Trinajstić information content (AvgIpc) is 3.19. The predicted octanol–water partition coefficient (Wildman–Crippen LogP) is 3.21. The van der Waals surface area contributed by atoms with E-state index in [0.717, 1.165) is 34.8 Å². The molecule has 0 saturated carbocycles. The van der Waals surface area contributed by atoms with Crippen molar-refractivity contribution >= 4 is 23.4 Å². The molecule has 0 spiro atoms. The van der Waals surface area contributed by atoms with E-state index in [1.807, 2.05) is 48.2 Å². The lowest BCUT2D eigenvalue weighted by molar-refractivity contribution is -0.123. The van der Waals surface area contributed by atoms with Crippen LogP contribution in [0.25, 0.3) is 11.1 Å². The van der Waals surface area contributed by atoms with E-state index in [1.54, 1.807) is 12.1 Å². The van der Waals surface area contributed by atoms with Gasteiger partial charge in [-0.25, -0.2) is 5.43 Å². The summed E-state index contributed by atoms with van der Waals surface area (Å²) in [5, 5.41) is 12.9. The number of ether oxygens (including phenoxy) is 1. The van der Waals surface area contributed by atoms with Crippen LogP contribution in [-0.2, 0) is 4.79 Å². The van der Waals surface area contributed by atoms with Crippen molar-refractivity contribution in [2.24, 2.45) is 5.10 Å². The summed E-state index contributed by atoms with van der Waals surface area (Å²) in [6.45, 7) is -0.0693. The van der Waals surface area contributed by atoms with Gasteiger partial charge < -0.3 is 4.74 Å². The van der Waals surface area contributed by atoms with Crippen molar-refractivity contribution in [3.05, 3.63) is 54.1 Å². The molecule has 1 fully saturated rings. The van der Waals surface area contributed by atoms with Crippen LogP contribution in [0.5, 0.6) is 5.75 Å². The Kier molecular flexibility index (Phi) is 5.70. The maximum Gasteiger partial charge on any atom is 0.277 e. The molecule has 6 heteroatoms. The second-order valence-electron chi connectivity index (χ2n) is 5.52. The van der Waals surface area contributed by atoms with Crippen molar-refractivity contribution in [3.63, 3.8) is 0 Å². The number of nitrogens with one attached hydrogen (secondary N) is 1. The number of thioether (sulfide) groups is 1. The zero-order valence-corrected chi connectivity index (χ0v) is 14.4. The fourth-order valence-electron chi connectivity index (χ4n) is 2.34. The van der Waals surface area contributed by atoms with Crippen molar-refractivity contribution in [1.82, 2.24) is 5.43 Å². The Morgan fingerprint density at radius 2 is 1.84 bits per heavy atom. The van der Waals surface area contributed by atoms with Gasteiger partial charge >= 0.3 is 0 Å². The van der Waals surface area contributed by atoms with Crippen molar-refractivity contribution in [1.29, 1.82) is 5.26 Å². The summed E-state index contributed by atoms with van der Waals surface area (Å²) in [5.74, 6) is 2.31. The topological polar surface area (TPSA) is 74.5 Å². The lowest BCUT2D eigenvalue weighted by Gasteiger charge is -2.07. The minimum atomic E-state index is -0.263. The van der Waals surface area contributed by atoms with Crippen molar-refractivity contribution in [2.75, 3.05) is 18.1 Å². The molecule has 0 atom stereocenters. The van der Waals surface area contributed by atoms with Gasteiger partial charge in [0.25, 0.3) is 5.91 Å². The zero-order chi connectivity index (χ0) is 17.5. The molecule has 0 aliphatic carbocycles. The number of carbonyl (C=O) groups excluding carboxylic acids is 1. The Labute approximate surface area is 150 Å². The molecule has 0 aromatic heterocycles. The molecule has 1 N–H and O–H groups in total. The van der Waals surface area contributed by atoms with E-state index in [4.69, 9.17) is 10.00 Å². The highest BCUT2D eigenvalue weighted by Gasteiger charge is 2.09. The molecular formula is C19H17N3O2S. The van der Waals surface area contributed by atoms with E-state index in [1.165, 1.54) is 0 Å². The third kappa shape index (κ3) is 4.85. The quantitative estimate of drug-likeness (QED) is 0.840. The van der Waals surface area contributed by atoms with Crippen molar-refractivity contribution < 1.29 is 9.53 Å². The van der Waals surface area contributed by atoms with Gasteiger partial charge in [-0.1, -0.05) is 24.3 Å². The third-order valence-corrected chi connectivity index (χ3v) is 4.74. The van der Waals surface area contributed by atoms with E-state index in [-0.39, 0.29) is 12.5 Å². The van der Waals surface area contributed by atoms with Crippen LogP contribution in [0.3, 0.4) is 0 Å². The van der Waals surface area contributed by atoms with Gasteiger partial charge in [0.05, 0.1) is 11.6 Å². The summed E-state index contributed by atoms with van der Waals surface area (Å²) >= 11 is 1.82. The lowest BCUT2D eigenvalue weighted by Crippen LogP contribution is -2.25. The third-order valence-electron chi connectivity index (χ3n) is 3.71. The van der Waals surface area contributed by atoms with Crippen LogP contribution in [0.15, 0.2) is 53.6 Å². The second kappa shape index (κ2) is 8.36. The SMILES string of the molecule is N#Cc1ccc(-c2ccc(OCC(=O)N/N=C3\CCSC3)cc2)cc1. The number of hydrazone groups is 1. The minimum Gasteiger partial charge on any atom is -0.484 e. The Hall–Kier alpha value is -2.78. The molecule has 25 heavy (non-hydrogen) atoms. The summed E-state index contributed by atoms with van der Waals surface area (Å²) in [6.07, 6.45) is 0.933. The van der Waals surface area contributed by atoms with E-state index in [2.05, 4.69) is 16.6 Å². The highest BCUT2D eigenvalue weighted by molar-refractivity contribution is 8.00. The van der Waals surface area contributed by atoms with Crippen LogP contribution in [0, 0.1) is 11.3 Å². The zero-order valence-electron chi connectivity index (χ0n) is 13.6. The highest BCUT2D eigenvalue weighted by Crippen LogP contribution is 2.22. The van der Waals surface area contributed by atoms with Crippen LogP contribution < -0.4 is 10.2 Å². The Balaban J connectivity index is 1.52. The molecule has 5 nitrogen and oxygen atoms in total. The number of amides is 1. The first-order valence-electron chi connectivity index (χ1n) is 7.90. The molecule has 1 heterocycles. The molecule has 0 bridgehead atoms. The second-order valence-corrected chi connectivity index (χ2v) is 6.62. The first kappa shape index (κ1) is 17.1. The summed E-state index contributed by atoms with van der Waals surface area (Å²) < 4.78 is 5.48. The molecule has 0 radical (unpaired) electrons. The summed E-state index contributed by atoms with van der Waals surface area (Å²) in [6, 6.07) is 17.0. The van der Waals surface area contributed by atoms with Gasteiger partial charge in [-0.2, -0.15) is 22.1 Å². The monoisotopic (exact) mass is 351 g/mol. The van der Waals surface area contributed by atoms with Gasteiger partial charge in [-0.05, 0) is 47.6 Å². The molecule has 1 aliphatic heterocycles. The molecule has 126 valence electrons. The van der Waals surface area contributed by atoms with E-state index in [9.17, 15) is 4.79 Å². The van der Waals surface area contributed by atoms with Crippen molar-refractivity contribution in [2.45, 2.75) is 6.42 Å². The summed E-state index contributed by atoms with van der Waals surface area (Å²) in [5.41, 5.74) is 6.22. The Morgan fingerprint density at radius 3 is 2.44 bits per heavy atom. The fraction of sp³-hybridized carbons (Fsp3) is 0.211. The van der Waals surface area contributed by atoms with Gasteiger partial charge in [0.2, 0.25) is 0 Å². The molecule has 1 amide bonds. The molecule has 0 unspecified atom stereocenters.